The fraction of sp³-hybridized carbons (Fsp3) is 0.611. The Kier molecular flexibility index (Phi) is 6.66. The molecule has 0 saturated heterocycles. The van der Waals surface area contributed by atoms with E-state index in [4.69, 9.17) is 0 Å². The molecule has 134 valence electrons. The van der Waals surface area contributed by atoms with E-state index in [1.807, 2.05) is 6.07 Å². The Labute approximate surface area is 145 Å². The maximum atomic E-state index is 12.7. The number of nitrogens with zero attached hydrogens (tertiary/aromatic N) is 1. The van der Waals surface area contributed by atoms with Gasteiger partial charge in [0.25, 0.3) is 0 Å². The van der Waals surface area contributed by atoms with E-state index >= 15 is 0 Å². The van der Waals surface area contributed by atoms with E-state index in [0.717, 1.165) is 31.9 Å². The van der Waals surface area contributed by atoms with E-state index in [1.165, 1.54) is 23.6 Å². The van der Waals surface area contributed by atoms with Crippen molar-refractivity contribution in [1.29, 1.82) is 0 Å². The molecule has 2 rings (SSSR count). The number of nitrogens with one attached hydrogen (secondary N) is 1. The number of para-hydroxylation sites is 1. The molecule has 1 fully saturated rings. The zero-order valence-corrected chi connectivity index (χ0v) is 15.4. The third-order valence-electron chi connectivity index (χ3n) is 4.55. The standard InChI is InChI=1S/C18H28N2O3S/c1-15(18(21)19-16-11-7-4-3-5-8-12-16)20(24(2,22)23)17-13-9-6-10-14-17/h6,9-10,13-16H,3-5,7-8,11-12H2,1-2H3,(H,19,21). The van der Waals surface area contributed by atoms with Gasteiger partial charge in [-0.2, -0.15) is 0 Å². The van der Waals surface area contributed by atoms with Gasteiger partial charge in [-0.3, -0.25) is 9.10 Å². The summed E-state index contributed by atoms with van der Waals surface area (Å²) in [5, 5.41) is 3.06. The molecule has 1 aromatic carbocycles. The molecule has 1 saturated carbocycles. The zero-order chi connectivity index (χ0) is 17.6. The van der Waals surface area contributed by atoms with Gasteiger partial charge in [0.15, 0.2) is 0 Å². The van der Waals surface area contributed by atoms with Gasteiger partial charge in [0.2, 0.25) is 15.9 Å². The number of anilines is 1. The summed E-state index contributed by atoms with van der Waals surface area (Å²) in [6, 6.07) is 8.16. The number of carbonyl (C=O) groups excluding carboxylic acids is 1. The molecule has 0 radical (unpaired) electrons. The van der Waals surface area contributed by atoms with Crippen LogP contribution in [0, 0.1) is 0 Å². The smallest absolute Gasteiger partial charge is 0.243 e. The molecule has 1 atom stereocenters. The summed E-state index contributed by atoms with van der Waals surface area (Å²) >= 11 is 0. The highest BCUT2D eigenvalue weighted by molar-refractivity contribution is 7.92. The summed E-state index contributed by atoms with van der Waals surface area (Å²) in [4.78, 5) is 12.7. The van der Waals surface area contributed by atoms with Gasteiger partial charge in [-0.15, -0.1) is 0 Å². The zero-order valence-electron chi connectivity index (χ0n) is 14.6. The molecule has 6 heteroatoms. The lowest BCUT2D eigenvalue weighted by Gasteiger charge is -2.30. The van der Waals surface area contributed by atoms with Crippen LogP contribution in [0.4, 0.5) is 5.69 Å². The van der Waals surface area contributed by atoms with Gasteiger partial charge < -0.3 is 5.32 Å². The van der Waals surface area contributed by atoms with E-state index in [9.17, 15) is 13.2 Å². The van der Waals surface area contributed by atoms with Crippen LogP contribution >= 0.6 is 0 Å². The molecular weight excluding hydrogens is 324 g/mol. The van der Waals surface area contributed by atoms with Crippen LogP contribution in [-0.4, -0.2) is 32.7 Å². The fourth-order valence-corrected chi connectivity index (χ4v) is 4.48. The van der Waals surface area contributed by atoms with Crippen molar-refractivity contribution in [3.8, 4) is 0 Å². The van der Waals surface area contributed by atoms with E-state index in [-0.39, 0.29) is 11.9 Å². The average Bonchev–Trinajstić information content (AvgIpc) is 2.49. The predicted molar refractivity (Wildman–Crippen MR) is 97.5 cm³/mol. The van der Waals surface area contributed by atoms with Crippen LogP contribution in [0.15, 0.2) is 30.3 Å². The van der Waals surface area contributed by atoms with Gasteiger partial charge in [-0.05, 0) is 31.9 Å². The van der Waals surface area contributed by atoms with E-state index in [1.54, 1.807) is 31.2 Å². The van der Waals surface area contributed by atoms with Crippen LogP contribution in [0.3, 0.4) is 0 Å². The van der Waals surface area contributed by atoms with Crippen molar-refractivity contribution < 1.29 is 13.2 Å². The highest BCUT2D eigenvalue weighted by atomic mass is 32.2. The summed E-state index contributed by atoms with van der Waals surface area (Å²) in [7, 11) is -3.54. The first-order chi connectivity index (χ1) is 11.4. The Hall–Kier alpha value is -1.56. The molecule has 1 N–H and O–H groups in total. The molecule has 1 aromatic rings. The number of rotatable bonds is 5. The Bertz CT molecular complexity index is 623. The van der Waals surface area contributed by atoms with Crippen LogP contribution in [-0.2, 0) is 14.8 Å². The topological polar surface area (TPSA) is 66.5 Å². The third-order valence-corrected chi connectivity index (χ3v) is 5.79. The highest BCUT2D eigenvalue weighted by Gasteiger charge is 2.30. The average molecular weight is 353 g/mol. The molecule has 1 amide bonds. The molecule has 0 aromatic heterocycles. The SMILES string of the molecule is CC(C(=O)NC1CCCCCCC1)N(c1ccccc1)S(C)(=O)=O. The summed E-state index contributed by atoms with van der Waals surface area (Å²) in [5.74, 6) is -0.227. The largest absolute Gasteiger partial charge is 0.352 e. The Balaban J connectivity index is 2.11. The van der Waals surface area contributed by atoms with Crippen LogP contribution in [0.5, 0.6) is 0 Å². The van der Waals surface area contributed by atoms with Gasteiger partial charge in [0.05, 0.1) is 11.9 Å². The summed E-state index contributed by atoms with van der Waals surface area (Å²) in [6.07, 6.45) is 9.02. The number of carbonyl (C=O) groups is 1. The lowest BCUT2D eigenvalue weighted by atomic mass is 9.96. The first-order valence-corrected chi connectivity index (χ1v) is 10.6. The summed E-state index contributed by atoms with van der Waals surface area (Å²) in [5.41, 5.74) is 0.514. The van der Waals surface area contributed by atoms with Crippen molar-refractivity contribution in [2.45, 2.75) is 64.0 Å². The minimum Gasteiger partial charge on any atom is -0.352 e. The summed E-state index contributed by atoms with van der Waals surface area (Å²) < 4.78 is 25.6. The Morgan fingerprint density at radius 2 is 1.62 bits per heavy atom. The summed E-state index contributed by atoms with van der Waals surface area (Å²) in [6.45, 7) is 1.65. The molecule has 0 aliphatic heterocycles. The van der Waals surface area contributed by atoms with Gasteiger partial charge in [0.1, 0.15) is 6.04 Å². The molecule has 0 spiro atoms. The quantitative estimate of drug-likeness (QED) is 0.885. The van der Waals surface area contributed by atoms with Crippen molar-refractivity contribution in [3.63, 3.8) is 0 Å². The molecule has 0 bridgehead atoms. The van der Waals surface area contributed by atoms with Crippen LogP contribution < -0.4 is 9.62 Å². The molecule has 1 aliphatic rings. The van der Waals surface area contributed by atoms with E-state index in [2.05, 4.69) is 5.32 Å². The number of hydrogen-bond donors (Lipinski definition) is 1. The van der Waals surface area contributed by atoms with E-state index in [0.29, 0.717) is 5.69 Å². The van der Waals surface area contributed by atoms with Crippen molar-refractivity contribution >= 4 is 21.6 Å². The van der Waals surface area contributed by atoms with Crippen molar-refractivity contribution in [2.75, 3.05) is 10.6 Å². The van der Waals surface area contributed by atoms with Gasteiger partial charge >= 0.3 is 0 Å². The molecule has 5 nitrogen and oxygen atoms in total. The van der Waals surface area contributed by atoms with Crippen molar-refractivity contribution in [2.24, 2.45) is 0 Å². The normalized spacial score (nSPS) is 18.2. The van der Waals surface area contributed by atoms with Crippen molar-refractivity contribution in [3.05, 3.63) is 30.3 Å². The molecule has 0 heterocycles. The first kappa shape index (κ1) is 18.8. The lowest BCUT2D eigenvalue weighted by molar-refractivity contribution is -0.122. The third kappa shape index (κ3) is 5.23. The fourth-order valence-electron chi connectivity index (χ4n) is 3.31. The number of sulfonamides is 1. The highest BCUT2D eigenvalue weighted by Crippen LogP contribution is 2.21. The number of hydrogen-bond acceptors (Lipinski definition) is 3. The van der Waals surface area contributed by atoms with Gasteiger partial charge in [0, 0.05) is 6.04 Å². The van der Waals surface area contributed by atoms with Crippen LogP contribution in [0.25, 0.3) is 0 Å². The second-order valence-corrected chi connectivity index (χ2v) is 8.48. The molecule has 24 heavy (non-hydrogen) atoms. The minimum atomic E-state index is -3.54. The van der Waals surface area contributed by atoms with E-state index < -0.39 is 16.1 Å². The number of amides is 1. The second kappa shape index (κ2) is 8.51. The maximum absolute atomic E-state index is 12.7. The Morgan fingerprint density at radius 3 is 2.17 bits per heavy atom. The van der Waals surface area contributed by atoms with Gasteiger partial charge in [-0.25, -0.2) is 8.42 Å². The Morgan fingerprint density at radius 1 is 1.08 bits per heavy atom. The maximum Gasteiger partial charge on any atom is 0.243 e. The van der Waals surface area contributed by atoms with Gasteiger partial charge in [-0.1, -0.05) is 50.3 Å². The second-order valence-electron chi connectivity index (χ2n) is 6.62. The first-order valence-electron chi connectivity index (χ1n) is 8.74. The molecule has 1 unspecified atom stereocenters. The monoisotopic (exact) mass is 352 g/mol. The predicted octanol–water partition coefficient (Wildman–Crippen LogP) is 3.07. The molecule has 1 aliphatic carbocycles. The van der Waals surface area contributed by atoms with Crippen molar-refractivity contribution in [1.82, 2.24) is 5.32 Å². The number of benzene rings is 1. The van der Waals surface area contributed by atoms with Crippen LogP contribution in [0.1, 0.15) is 51.9 Å². The molecular formula is C18H28N2O3S. The van der Waals surface area contributed by atoms with Crippen LogP contribution in [0.2, 0.25) is 0 Å². The lowest BCUT2D eigenvalue weighted by Crippen LogP contribution is -2.50. The minimum absolute atomic E-state index is 0.150.